The van der Waals surface area contributed by atoms with E-state index in [1.807, 2.05) is 24.3 Å². The molecule has 1 N–H and O–H groups in total. The van der Waals surface area contributed by atoms with Gasteiger partial charge in [0.05, 0.1) is 6.10 Å². The number of aliphatic hydroxyl groups is 1. The molecule has 1 heterocycles. The second-order valence-electron chi connectivity index (χ2n) is 6.03. The molecule has 106 valence electrons. The number of nitrogens with zero attached hydrogens (tertiary/aromatic N) is 1. The SMILES string of the molecule is CC1CC(C)CN(CCC(O)c2ccccc2Br)C1. The van der Waals surface area contributed by atoms with Gasteiger partial charge < -0.3 is 10.0 Å². The Morgan fingerprint density at radius 3 is 2.53 bits per heavy atom. The minimum Gasteiger partial charge on any atom is -0.388 e. The predicted molar refractivity (Wildman–Crippen MR) is 83.1 cm³/mol. The van der Waals surface area contributed by atoms with Crippen LogP contribution in [-0.2, 0) is 0 Å². The van der Waals surface area contributed by atoms with Gasteiger partial charge in [0.15, 0.2) is 0 Å². The van der Waals surface area contributed by atoms with Gasteiger partial charge in [-0.2, -0.15) is 0 Å². The number of rotatable bonds is 4. The molecule has 0 aromatic heterocycles. The summed E-state index contributed by atoms with van der Waals surface area (Å²) in [6.07, 6.45) is 1.77. The number of piperidine rings is 1. The zero-order valence-electron chi connectivity index (χ0n) is 11.8. The van der Waals surface area contributed by atoms with Crippen molar-refractivity contribution in [2.45, 2.75) is 32.8 Å². The minimum absolute atomic E-state index is 0.372. The van der Waals surface area contributed by atoms with Crippen molar-refractivity contribution in [1.29, 1.82) is 0 Å². The lowest BCUT2D eigenvalue weighted by Gasteiger charge is -2.35. The predicted octanol–water partition coefficient (Wildman–Crippen LogP) is 3.85. The largest absolute Gasteiger partial charge is 0.388 e. The zero-order chi connectivity index (χ0) is 13.8. The second-order valence-corrected chi connectivity index (χ2v) is 6.89. The second kappa shape index (κ2) is 6.87. The normalized spacial score (nSPS) is 26.3. The Morgan fingerprint density at radius 2 is 1.89 bits per heavy atom. The first kappa shape index (κ1) is 15.0. The molecule has 19 heavy (non-hydrogen) atoms. The van der Waals surface area contributed by atoms with Crippen LogP contribution in [0.4, 0.5) is 0 Å². The van der Waals surface area contributed by atoms with Gasteiger partial charge >= 0.3 is 0 Å². The third-order valence-electron chi connectivity index (χ3n) is 3.93. The quantitative estimate of drug-likeness (QED) is 0.908. The Kier molecular flexibility index (Phi) is 5.43. The van der Waals surface area contributed by atoms with Gasteiger partial charge in [-0.3, -0.25) is 0 Å². The van der Waals surface area contributed by atoms with Crippen LogP contribution in [0.3, 0.4) is 0 Å². The average Bonchev–Trinajstić information content (AvgIpc) is 2.35. The molecule has 2 rings (SSSR count). The van der Waals surface area contributed by atoms with Crippen molar-refractivity contribution >= 4 is 15.9 Å². The van der Waals surface area contributed by atoms with Gasteiger partial charge in [-0.05, 0) is 36.3 Å². The molecule has 3 unspecified atom stereocenters. The Bertz CT molecular complexity index is 399. The maximum Gasteiger partial charge on any atom is 0.0813 e. The van der Waals surface area contributed by atoms with E-state index in [9.17, 15) is 5.11 Å². The molecule has 3 atom stereocenters. The summed E-state index contributed by atoms with van der Waals surface area (Å²) in [6, 6.07) is 7.95. The zero-order valence-corrected chi connectivity index (χ0v) is 13.4. The number of hydrogen-bond donors (Lipinski definition) is 1. The lowest BCUT2D eigenvalue weighted by molar-refractivity contribution is 0.103. The average molecular weight is 326 g/mol. The van der Waals surface area contributed by atoms with Crippen molar-refractivity contribution in [1.82, 2.24) is 4.90 Å². The summed E-state index contributed by atoms with van der Waals surface area (Å²) >= 11 is 3.51. The standard InChI is InChI=1S/C16H24BrNO/c1-12-9-13(2)11-18(10-12)8-7-16(19)14-5-3-4-6-15(14)17/h3-6,12-13,16,19H,7-11H2,1-2H3. The van der Waals surface area contributed by atoms with Crippen LogP contribution < -0.4 is 0 Å². The highest BCUT2D eigenvalue weighted by Crippen LogP contribution is 2.27. The van der Waals surface area contributed by atoms with Gasteiger partial charge in [-0.25, -0.2) is 0 Å². The molecule has 0 saturated carbocycles. The molecule has 0 spiro atoms. The van der Waals surface area contributed by atoms with E-state index >= 15 is 0 Å². The monoisotopic (exact) mass is 325 g/mol. The molecular weight excluding hydrogens is 302 g/mol. The first-order chi connectivity index (χ1) is 9.06. The molecule has 1 aromatic rings. The molecule has 0 bridgehead atoms. The van der Waals surface area contributed by atoms with Crippen molar-refractivity contribution in [3.63, 3.8) is 0 Å². The third kappa shape index (κ3) is 4.30. The fourth-order valence-corrected chi connectivity index (χ4v) is 3.73. The molecule has 3 heteroatoms. The van der Waals surface area contributed by atoms with Gasteiger partial charge in [0, 0.05) is 24.1 Å². The topological polar surface area (TPSA) is 23.5 Å². The molecule has 0 aliphatic carbocycles. The van der Waals surface area contributed by atoms with Crippen LogP contribution in [0.15, 0.2) is 28.7 Å². The highest BCUT2D eigenvalue weighted by atomic mass is 79.9. The fourth-order valence-electron chi connectivity index (χ4n) is 3.18. The summed E-state index contributed by atoms with van der Waals surface area (Å²) in [6.45, 7) is 7.98. The Balaban J connectivity index is 1.87. The number of halogens is 1. The summed E-state index contributed by atoms with van der Waals surface area (Å²) in [7, 11) is 0. The van der Waals surface area contributed by atoms with Crippen molar-refractivity contribution in [2.24, 2.45) is 11.8 Å². The Labute approximate surface area is 124 Å². The van der Waals surface area contributed by atoms with Crippen LogP contribution >= 0.6 is 15.9 Å². The van der Waals surface area contributed by atoms with Crippen molar-refractivity contribution in [3.8, 4) is 0 Å². The van der Waals surface area contributed by atoms with Crippen LogP contribution in [0, 0.1) is 11.8 Å². The van der Waals surface area contributed by atoms with Crippen LogP contribution in [0.25, 0.3) is 0 Å². The first-order valence-corrected chi connectivity index (χ1v) is 8.00. The summed E-state index contributed by atoms with van der Waals surface area (Å²) in [5, 5.41) is 10.3. The van der Waals surface area contributed by atoms with E-state index in [-0.39, 0.29) is 6.10 Å². The fraction of sp³-hybridized carbons (Fsp3) is 0.625. The van der Waals surface area contributed by atoms with Crippen LogP contribution in [0.2, 0.25) is 0 Å². The molecule has 1 aliphatic heterocycles. The Hall–Kier alpha value is -0.380. The summed E-state index contributed by atoms with van der Waals surface area (Å²) < 4.78 is 1.00. The number of benzene rings is 1. The summed E-state index contributed by atoms with van der Waals surface area (Å²) in [5.74, 6) is 1.56. The van der Waals surface area contributed by atoms with Crippen LogP contribution in [0.1, 0.15) is 38.4 Å². The maximum atomic E-state index is 10.3. The first-order valence-electron chi connectivity index (χ1n) is 7.21. The van der Waals surface area contributed by atoms with E-state index in [4.69, 9.17) is 0 Å². The van der Waals surface area contributed by atoms with Gasteiger partial charge in [0.25, 0.3) is 0 Å². The molecule has 2 nitrogen and oxygen atoms in total. The Morgan fingerprint density at radius 1 is 1.26 bits per heavy atom. The third-order valence-corrected chi connectivity index (χ3v) is 4.65. The van der Waals surface area contributed by atoms with E-state index in [0.717, 1.165) is 34.8 Å². The number of aliphatic hydroxyl groups excluding tert-OH is 1. The molecular formula is C16H24BrNO. The summed E-state index contributed by atoms with van der Waals surface area (Å²) in [4.78, 5) is 2.50. The van der Waals surface area contributed by atoms with E-state index in [1.54, 1.807) is 0 Å². The van der Waals surface area contributed by atoms with E-state index in [1.165, 1.54) is 19.5 Å². The molecule has 0 amide bonds. The van der Waals surface area contributed by atoms with E-state index < -0.39 is 0 Å². The van der Waals surface area contributed by atoms with Crippen molar-refractivity contribution < 1.29 is 5.11 Å². The van der Waals surface area contributed by atoms with Crippen molar-refractivity contribution in [2.75, 3.05) is 19.6 Å². The molecule has 0 radical (unpaired) electrons. The summed E-state index contributed by atoms with van der Waals surface area (Å²) in [5.41, 5.74) is 1.00. The van der Waals surface area contributed by atoms with Crippen molar-refractivity contribution in [3.05, 3.63) is 34.3 Å². The van der Waals surface area contributed by atoms with Gasteiger partial charge in [0.1, 0.15) is 0 Å². The van der Waals surface area contributed by atoms with Gasteiger partial charge in [0.2, 0.25) is 0 Å². The lowest BCUT2D eigenvalue weighted by Crippen LogP contribution is -2.39. The lowest BCUT2D eigenvalue weighted by atomic mass is 9.91. The molecule has 1 saturated heterocycles. The molecule has 1 aromatic carbocycles. The molecule has 1 fully saturated rings. The van der Waals surface area contributed by atoms with Crippen LogP contribution in [0.5, 0.6) is 0 Å². The van der Waals surface area contributed by atoms with Gasteiger partial charge in [-0.15, -0.1) is 0 Å². The molecule has 1 aliphatic rings. The maximum absolute atomic E-state index is 10.3. The smallest absolute Gasteiger partial charge is 0.0813 e. The van der Waals surface area contributed by atoms with Gasteiger partial charge in [-0.1, -0.05) is 48.0 Å². The van der Waals surface area contributed by atoms with E-state index in [2.05, 4.69) is 34.7 Å². The van der Waals surface area contributed by atoms with E-state index in [0.29, 0.717) is 0 Å². The number of hydrogen-bond acceptors (Lipinski definition) is 2. The van der Waals surface area contributed by atoms with Crippen LogP contribution in [-0.4, -0.2) is 29.6 Å². The minimum atomic E-state index is -0.372. The highest BCUT2D eigenvalue weighted by molar-refractivity contribution is 9.10. The number of likely N-dealkylation sites (tertiary alicyclic amines) is 1. The highest BCUT2D eigenvalue weighted by Gasteiger charge is 2.22.